The molecule has 4 rings (SSSR count). The lowest BCUT2D eigenvalue weighted by Crippen LogP contribution is -2.34. The van der Waals surface area contributed by atoms with Crippen LogP contribution in [0.3, 0.4) is 0 Å². The predicted octanol–water partition coefficient (Wildman–Crippen LogP) is 4.65. The van der Waals surface area contributed by atoms with Crippen LogP contribution in [-0.2, 0) is 9.59 Å². The second-order valence-corrected chi connectivity index (χ2v) is 8.02. The molecule has 0 N–H and O–H groups in total. The monoisotopic (exact) mass is 394 g/mol. The Balaban J connectivity index is 1.87. The van der Waals surface area contributed by atoms with Crippen molar-refractivity contribution in [2.75, 3.05) is 18.0 Å². The number of likely N-dealkylation sites (tertiary alicyclic amines) is 1. The number of hydrogen-bond acceptors (Lipinski definition) is 3. The zero-order valence-corrected chi connectivity index (χ0v) is 17.1. The minimum Gasteiger partial charge on any atom is -0.366 e. The lowest BCUT2D eigenvalue weighted by Gasteiger charge is -2.20. The van der Waals surface area contributed by atoms with Gasteiger partial charge in [0.1, 0.15) is 5.70 Å². The number of halogens is 1. The molecule has 4 nitrogen and oxygen atoms in total. The van der Waals surface area contributed by atoms with Gasteiger partial charge in [-0.25, -0.2) is 4.90 Å². The van der Waals surface area contributed by atoms with E-state index in [0.717, 1.165) is 48.2 Å². The van der Waals surface area contributed by atoms with Crippen molar-refractivity contribution >= 4 is 34.7 Å². The van der Waals surface area contributed by atoms with Gasteiger partial charge in [-0.2, -0.15) is 0 Å². The molecular weight excluding hydrogens is 372 g/mol. The Kier molecular flexibility index (Phi) is 4.76. The maximum atomic E-state index is 13.5. The molecule has 0 unspecified atom stereocenters. The van der Waals surface area contributed by atoms with Gasteiger partial charge in [-0.15, -0.1) is 0 Å². The third-order valence-electron chi connectivity index (χ3n) is 5.55. The van der Waals surface area contributed by atoms with Crippen LogP contribution in [0.5, 0.6) is 0 Å². The van der Waals surface area contributed by atoms with Crippen molar-refractivity contribution in [3.05, 3.63) is 69.4 Å². The zero-order valence-electron chi connectivity index (χ0n) is 16.4. The van der Waals surface area contributed by atoms with Gasteiger partial charge in [0, 0.05) is 18.1 Å². The number of amides is 2. The lowest BCUT2D eigenvalue weighted by atomic mass is 9.97. The van der Waals surface area contributed by atoms with E-state index >= 15 is 0 Å². The first-order chi connectivity index (χ1) is 13.4. The van der Waals surface area contributed by atoms with E-state index < -0.39 is 0 Å². The highest BCUT2D eigenvalue weighted by Gasteiger charge is 2.43. The number of hydrogen-bond donors (Lipinski definition) is 0. The molecule has 2 aliphatic heterocycles. The second kappa shape index (κ2) is 7.10. The van der Waals surface area contributed by atoms with Gasteiger partial charge in [0.25, 0.3) is 11.8 Å². The highest BCUT2D eigenvalue weighted by Crippen LogP contribution is 2.38. The van der Waals surface area contributed by atoms with Gasteiger partial charge in [0.2, 0.25) is 0 Å². The van der Waals surface area contributed by atoms with E-state index in [2.05, 4.69) is 4.90 Å². The quantitative estimate of drug-likeness (QED) is 0.712. The average molecular weight is 395 g/mol. The Morgan fingerprint density at radius 3 is 2.21 bits per heavy atom. The Hall–Kier alpha value is -2.59. The minimum absolute atomic E-state index is 0.262. The van der Waals surface area contributed by atoms with Gasteiger partial charge >= 0.3 is 0 Å². The normalized spacial score (nSPS) is 17.3. The molecule has 2 amide bonds. The summed E-state index contributed by atoms with van der Waals surface area (Å²) in [6.07, 6.45) is 2.06. The molecule has 2 aliphatic rings. The fourth-order valence-corrected chi connectivity index (χ4v) is 4.22. The van der Waals surface area contributed by atoms with Crippen molar-refractivity contribution in [1.82, 2.24) is 4.90 Å². The van der Waals surface area contributed by atoms with Gasteiger partial charge in [0.15, 0.2) is 0 Å². The number of anilines is 1. The predicted molar refractivity (Wildman–Crippen MR) is 112 cm³/mol. The molecule has 0 radical (unpaired) electrons. The van der Waals surface area contributed by atoms with Gasteiger partial charge < -0.3 is 4.90 Å². The van der Waals surface area contributed by atoms with Crippen LogP contribution in [0, 0.1) is 20.8 Å². The summed E-state index contributed by atoms with van der Waals surface area (Å²) in [5.41, 5.74) is 5.40. The van der Waals surface area contributed by atoms with Crippen LogP contribution in [0.15, 0.2) is 42.1 Å². The Labute approximate surface area is 170 Å². The molecule has 0 aromatic heterocycles. The van der Waals surface area contributed by atoms with E-state index in [1.807, 2.05) is 45.0 Å². The van der Waals surface area contributed by atoms with Crippen LogP contribution in [0.4, 0.5) is 5.69 Å². The molecule has 2 aromatic rings. The van der Waals surface area contributed by atoms with E-state index in [1.165, 1.54) is 4.90 Å². The largest absolute Gasteiger partial charge is 0.366 e. The first-order valence-electron chi connectivity index (χ1n) is 9.60. The standard InChI is InChI=1S/C23H23ClN2O2/c1-14-6-9-18(16(3)12-14)20-21(25-10-4-5-11-25)23(28)26(22(20)27)17-8-7-15(2)19(24)13-17/h6-9,12-13H,4-5,10-11H2,1-3H3. The summed E-state index contributed by atoms with van der Waals surface area (Å²) in [5.74, 6) is -0.541. The first kappa shape index (κ1) is 18.8. The third-order valence-corrected chi connectivity index (χ3v) is 5.95. The molecule has 28 heavy (non-hydrogen) atoms. The smallest absolute Gasteiger partial charge is 0.282 e. The van der Waals surface area contributed by atoms with Crippen molar-refractivity contribution in [3.8, 4) is 0 Å². The van der Waals surface area contributed by atoms with Gasteiger partial charge in [-0.05, 0) is 62.4 Å². The number of nitrogens with zero attached hydrogens (tertiary/aromatic N) is 2. The number of rotatable bonds is 3. The molecule has 0 saturated carbocycles. The summed E-state index contributed by atoms with van der Waals surface area (Å²) in [5, 5.41) is 0.542. The van der Waals surface area contributed by atoms with E-state index in [0.29, 0.717) is 22.0 Å². The van der Waals surface area contributed by atoms with Gasteiger partial charge in [0.05, 0.1) is 11.3 Å². The SMILES string of the molecule is Cc1ccc(C2=C(N3CCCC3)C(=O)N(c3ccc(C)c(Cl)c3)C2=O)c(C)c1. The third kappa shape index (κ3) is 3.02. The zero-order chi connectivity index (χ0) is 20.0. The highest BCUT2D eigenvalue weighted by molar-refractivity contribution is 6.45. The van der Waals surface area contributed by atoms with Gasteiger partial charge in [-0.3, -0.25) is 9.59 Å². The molecule has 5 heteroatoms. The summed E-state index contributed by atoms with van der Waals surface area (Å²) in [6, 6.07) is 11.3. The Bertz CT molecular complexity index is 1020. The van der Waals surface area contributed by atoms with Crippen molar-refractivity contribution in [1.29, 1.82) is 0 Å². The van der Waals surface area contributed by atoms with Crippen molar-refractivity contribution < 1.29 is 9.59 Å². The molecule has 1 saturated heterocycles. The molecule has 0 atom stereocenters. The van der Waals surface area contributed by atoms with Crippen LogP contribution in [0.1, 0.15) is 35.1 Å². The molecular formula is C23H23ClN2O2. The Morgan fingerprint density at radius 1 is 0.857 bits per heavy atom. The lowest BCUT2D eigenvalue weighted by molar-refractivity contribution is -0.120. The number of carbonyl (C=O) groups excluding carboxylic acids is 2. The highest BCUT2D eigenvalue weighted by atomic mass is 35.5. The maximum absolute atomic E-state index is 13.5. The molecule has 0 spiro atoms. The summed E-state index contributed by atoms with van der Waals surface area (Å²) in [6.45, 7) is 7.50. The van der Waals surface area contributed by atoms with Gasteiger partial charge in [-0.1, -0.05) is 41.4 Å². The Morgan fingerprint density at radius 2 is 1.57 bits per heavy atom. The number of aryl methyl sites for hydroxylation is 3. The van der Waals surface area contributed by atoms with Crippen LogP contribution in [-0.4, -0.2) is 29.8 Å². The van der Waals surface area contributed by atoms with Crippen LogP contribution in [0.25, 0.3) is 5.57 Å². The second-order valence-electron chi connectivity index (χ2n) is 7.62. The summed E-state index contributed by atoms with van der Waals surface area (Å²) in [7, 11) is 0. The van der Waals surface area contributed by atoms with E-state index in [-0.39, 0.29) is 11.8 Å². The van der Waals surface area contributed by atoms with Crippen LogP contribution >= 0.6 is 11.6 Å². The van der Waals surface area contributed by atoms with Crippen LogP contribution in [0.2, 0.25) is 5.02 Å². The molecule has 2 heterocycles. The molecule has 2 aromatic carbocycles. The summed E-state index contributed by atoms with van der Waals surface area (Å²) >= 11 is 6.27. The fourth-order valence-electron chi connectivity index (χ4n) is 4.04. The van der Waals surface area contributed by atoms with E-state index in [9.17, 15) is 9.59 Å². The minimum atomic E-state index is -0.279. The van der Waals surface area contributed by atoms with Crippen molar-refractivity contribution in [3.63, 3.8) is 0 Å². The number of carbonyl (C=O) groups is 2. The fraction of sp³-hybridized carbons (Fsp3) is 0.304. The molecule has 1 fully saturated rings. The summed E-state index contributed by atoms with van der Waals surface area (Å²) in [4.78, 5) is 30.3. The number of benzene rings is 2. The van der Waals surface area contributed by atoms with E-state index in [4.69, 9.17) is 11.6 Å². The number of imide groups is 1. The molecule has 0 bridgehead atoms. The van der Waals surface area contributed by atoms with Crippen molar-refractivity contribution in [2.24, 2.45) is 0 Å². The molecule has 0 aliphatic carbocycles. The maximum Gasteiger partial charge on any atom is 0.282 e. The van der Waals surface area contributed by atoms with Crippen molar-refractivity contribution in [2.45, 2.75) is 33.6 Å². The average Bonchev–Trinajstić information content (AvgIpc) is 3.24. The van der Waals surface area contributed by atoms with Crippen LogP contribution < -0.4 is 4.90 Å². The van der Waals surface area contributed by atoms with E-state index in [1.54, 1.807) is 12.1 Å². The molecule has 144 valence electrons. The first-order valence-corrected chi connectivity index (χ1v) is 9.98. The topological polar surface area (TPSA) is 40.6 Å². The summed E-state index contributed by atoms with van der Waals surface area (Å²) < 4.78 is 0.